The van der Waals surface area contributed by atoms with E-state index in [2.05, 4.69) is 12.2 Å². The standard InChI is InChI=1S/C15H23NO3/c1-4-16-13-9-14(15(13)18-3)19-10-11-5-7-12(17-2)8-6-11/h5-8,13-16H,4,9-10H2,1-3H3. The molecule has 4 heteroatoms. The van der Waals surface area contributed by atoms with Crippen molar-refractivity contribution in [3.05, 3.63) is 29.8 Å². The molecule has 0 saturated heterocycles. The third-order valence-corrected chi connectivity index (χ3v) is 3.61. The molecule has 2 rings (SSSR count). The van der Waals surface area contributed by atoms with Crippen molar-refractivity contribution in [2.24, 2.45) is 0 Å². The first kappa shape index (κ1) is 14.3. The van der Waals surface area contributed by atoms with Crippen LogP contribution >= 0.6 is 0 Å². The van der Waals surface area contributed by atoms with Crippen molar-refractivity contribution in [1.82, 2.24) is 5.32 Å². The van der Waals surface area contributed by atoms with Gasteiger partial charge in [-0.05, 0) is 30.7 Å². The van der Waals surface area contributed by atoms with Gasteiger partial charge in [-0.2, -0.15) is 0 Å². The number of rotatable bonds is 7. The number of hydrogen-bond acceptors (Lipinski definition) is 4. The van der Waals surface area contributed by atoms with Crippen molar-refractivity contribution < 1.29 is 14.2 Å². The first-order valence-electron chi connectivity index (χ1n) is 6.79. The van der Waals surface area contributed by atoms with Gasteiger partial charge in [0.2, 0.25) is 0 Å². The lowest BCUT2D eigenvalue weighted by molar-refractivity contribution is -0.139. The van der Waals surface area contributed by atoms with Crippen molar-refractivity contribution in [2.75, 3.05) is 20.8 Å². The van der Waals surface area contributed by atoms with Crippen LogP contribution in [0.15, 0.2) is 24.3 Å². The van der Waals surface area contributed by atoms with Crippen LogP contribution in [0.1, 0.15) is 18.9 Å². The first-order valence-corrected chi connectivity index (χ1v) is 6.79. The van der Waals surface area contributed by atoms with E-state index in [0.29, 0.717) is 12.6 Å². The smallest absolute Gasteiger partial charge is 0.118 e. The number of nitrogens with one attached hydrogen (secondary N) is 1. The molecule has 0 radical (unpaired) electrons. The number of hydrogen-bond donors (Lipinski definition) is 1. The van der Waals surface area contributed by atoms with Crippen LogP contribution in [0.5, 0.6) is 5.75 Å². The van der Waals surface area contributed by atoms with Crippen LogP contribution in [-0.4, -0.2) is 39.0 Å². The summed E-state index contributed by atoms with van der Waals surface area (Å²) in [6.45, 7) is 3.70. The average Bonchev–Trinajstić information content (AvgIpc) is 2.43. The highest BCUT2D eigenvalue weighted by Gasteiger charge is 2.41. The van der Waals surface area contributed by atoms with E-state index in [0.717, 1.165) is 24.3 Å². The van der Waals surface area contributed by atoms with Crippen LogP contribution in [0.4, 0.5) is 0 Å². The maximum atomic E-state index is 5.91. The van der Waals surface area contributed by atoms with E-state index < -0.39 is 0 Å². The van der Waals surface area contributed by atoms with Gasteiger partial charge in [-0.3, -0.25) is 0 Å². The molecule has 1 aromatic carbocycles. The van der Waals surface area contributed by atoms with Crippen molar-refractivity contribution in [3.8, 4) is 5.75 Å². The molecule has 106 valence electrons. The van der Waals surface area contributed by atoms with Gasteiger partial charge in [0.15, 0.2) is 0 Å². The fraction of sp³-hybridized carbons (Fsp3) is 0.600. The summed E-state index contributed by atoms with van der Waals surface area (Å²) >= 11 is 0. The van der Waals surface area contributed by atoms with Crippen LogP contribution < -0.4 is 10.1 Å². The number of ether oxygens (including phenoxy) is 3. The molecule has 3 atom stereocenters. The van der Waals surface area contributed by atoms with Gasteiger partial charge in [0.1, 0.15) is 5.75 Å². The fourth-order valence-corrected chi connectivity index (χ4v) is 2.45. The average molecular weight is 265 g/mol. The van der Waals surface area contributed by atoms with Gasteiger partial charge < -0.3 is 19.5 Å². The zero-order chi connectivity index (χ0) is 13.7. The van der Waals surface area contributed by atoms with E-state index in [1.54, 1.807) is 14.2 Å². The van der Waals surface area contributed by atoms with Crippen molar-refractivity contribution in [1.29, 1.82) is 0 Å². The largest absolute Gasteiger partial charge is 0.497 e. The first-order chi connectivity index (χ1) is 9.28. The molecule has 19 heavy (non-hydrogen) atoms. The second-order valence-electron chi connectivity index (χ2n) is 4.80. The van der Waals surface area contributed by atoms with Gasteiger partial charge in [-0.15, -0.1) is 0 Å². The minimum Gasteiger partial charge on any atom is -0.497 e. The summed E-state index contributed by atoms with van der Waals surface area (Å²) in [6.07, 6.45) is 1.37. The molecule has 1 aliphatic rings. The summed E-state index contributed by atoms with van der Waals surface area (Å²) in [6, 6.07) is 8.39. The molecule has 1 saturated carbocycles. The Morgan fingerprint density at radius 3 is 2.53 bits per heavy atom. The summed E-state index contributed by atoms with van der Waals surface area (Å²) in [5.41, 5.74) is 1.16. The van der Waals surface area contributed by atoms with Crippen LogP contribution in [0.3, 0.4) is 0 Å². The van der Waals surface area contributed by atoms with E-state index >= 15 is 0 Å². The maximum absolute atomic E-state index is 5.91. The van der Waals surface area contributed by atoms with Gasteiger partial charge in [-0.25, -0.2) is 0 Å². The minimum atomic E-state index is 0.165. The van der Waals surface area contributed by atoms with Crippen molar-refractivity contribution in [3.63, 3.8) is 0 Å². The molecule has 1 aliphatic carbocycles. The lowest BCUT2D eigenvalue weighted by Crippen LogP contribution is -2.59. The summed E-state index contributed by atoms with van der Waals surface area (Å²) in [5.74, 6) is 0.870. The highest BCUT2D eigenvalue weighted by Crippen LogP contribution is 2.27. The molecule has 0 heterocycles. The molecule has 0 aromatic heterocycles. The number of methoxy groups -OCH3 is 2. The van der Waals surface area contributed by atoms with E-state index in [4.69, 9.17) is 14.2 Å². The zero-order valence-corrected chi connectivity index (χ0v) is 11.9. The predicted octanol–water partition coefficient (Wildman–Crippen LogP) is 1.98. The van der Waals surface area contributed by atoms with Gasteiger partial charge >= 0.3 is 0 Å². The van der Waals surface area contributed by atoms with Gasteiger partial charge in [0, 0.05) is 13.2 Å². The van der Waals surface area contributed by atoms with Gasteiger partial charge in [0.25, 0.3) is 0 Å². The maximum Gasteiger partial charge on any atom is 0.118 e. The number of benzene rings is 1. The molecular formula is C15H23NO3. The van der Waals surface area contributed by atoms with Crippen LogP contribution in [-0.2, 0) is 16.1 Å². The van der Waals surface area contributed by atoms with Crippen LogP contribution in [0.25, 0.3) is 0 Å². The summed E-state index contributed by atoms with van der Waals surface area (Å²) in [7, 11) is 3.42. The molecule has 0 amide bonds. The third kappa shape index (κ3) is 3.47. The minimum absolute atomic E-state index is 0.165. The fourth-order valence-electron chi connectivity index (χ4n) is 2.45. The summed E-state index contributed by atoms with van der Waals surface area (Å²) in [4.78, 5) is 0. The van der Waals surface area contributed by atoms with Crippen LogP contribution in [0, 0.1) is 0 Å². The topological polar surface area (TPSA) is 39.7 Å². The highest BCUT2D eigenvalue weighted by molar-refractivity contribution is 5.26. The second kappa shape index (κ2) is 6.89. The van der Waals surface area contributed by atoms with E-state index in [-0.39, 0.29) is 12.2 Å². The Labute approximate surface area is 115 Å². The molecular weight excluding hydrogens is 242 g/mol. The van der Waals surface area contributed by atoms with E-state index in [1.165, 1.54) is 0 Å². The summed E-state index contributed by atoms with van der Waals surface area (Å²) < 4.78 is 16.5. The Bertz CT molecular complexity index is 379. The van der Waals surface area contributed by atoms with Crippen molar-refractivity contribution >= 4 is 0 Å². The normalized spacial score (nSPS) is 25.9. The molecule has 1 aromatic rings. The summed E-state index contributed by atoms with van der Waals surface area (Å²) in [5, 5.41) is 3.40. The Hall–Kier alpha value is -1.10. The predicted molar refractivity (Wildman–Crippen MR) is 74.4 cm³/mol. The molecule has 0 aliphatic heterocycles. The molecule has 1 fully saturated rings. The highest BCUT2D eigenvalue weighted by atomic mass is 16.5. The van der Waals surface area contributed by atoms with Gasteiger partial charge in [0.05, 0.1) is 25.9 Å². The quantitative estimate of drug-likeness (QED) is 0.818. The SMILES string of the molecule is CCNC1CC(OCc2ccc(OC)cc2)C1OC. The van der Waals surface area contributed by atoms with Gasteiger partial charge in [-0.1, -0.05) is 19.1 Å². The Balaban J connectivity index is 1.79. The second-order valence-corrected chi connectivity index (χ2v) is 4.80. The Morgan fingerprint density at radius 2 is 1.95 bits per heavy atom. The molecule has 0 spiro atoms. The number of likely N-dealkylation sites (N-methyl/N-ethyl adjacent to an activating group) is 1. The lowest BCUT2D eigenvalue weighted by Gasteiger charge is -2.43. The molecule has 1 N–H and O–H groups in total. The van der Waals surface area contributed by atoms with Crippen LogP contribution in [0.2, 0.25) is 0 Å². The monoisotopic (exact) mass is 265 g/mol. The van der Waals surface area contributed by atoms with E-state index in [1.807, 2.05) is 24.3 Å². The Morgan fingerprint density at radius 1 is 1.21 bits per heavy atom. The zero-order valence-electron chi connectivity index (χ0n) is 11.9. The lowest BCUT2D eigenvalue weighted by atomic mass is 9.85. The third-order valence-electron chi connectivity index (χ3n) is 3.61. The molecule has 0 bridgehead atoms. The Kier molecular flexibility index (Phi) is 5.19. The molecule has 3 unspecified atom stereocenters. The molecule has 4 nitrogen and oxygen atoms in total. The van der Waals surface area contributed by atoms with E-state index in [9.17, 15) is 0 Å². The van der Waals surface area contributed by atoms with Crippen molar-refractivity contribution in [2.45, 2.75) is 38.2 Å².